The molecule has 3 aromatic rings. The highest BCUT2D eigenvalue weighted by Gasteiger charge is 2.26. The van der Waals surface area contributed by atoms with Crippen molar-refractivity contribution in [2.75, 3.05) is 12.8 Å². The molecule has 0 saturated carbocycles. The van der Waals surface area contributed by atoms with E-state index in [1.54, 1.807) is 17.2 Å². The Kier molecular flexibility index (Phi) is 4.68. The van der Waals surface area contributed by atoms with Crippen LogP contribution in [-0.4, -0.2) is 37.0 Å². The van der Waals surface area contributed by atoms with Crippen LogP contribution in [0.15, 0.2) is 40.9 Å². The van der Waals surface area contributed by atoms with Crippen LogP contribution in [0, 0.1) is 6.92 Å². The van der Waals surface area contributed by atoms with E-state index >= 15 is 0 Å². The van der Waals surface area contributed by atoms with Crippen molar-refractivity contribution in [3.05, 3.63) is 64.7 Å². The van der Waals surface area contributed by atoms with E-state index < -0.39 is 10.0 Å². The Bertz CT molecular complexity index is 1130. The van der Waals surface area contributed by atoms with E-state index in [9.17, 15) is 13.2 Å². The number of benzene rings is 1. The zero-order chi connectivity index (χ0) is 19.9. The lowest BCUT2D eigenvalue weighted by molar-refractivity contribution is 0.0704. The Morgan fingerprint density at radius 2 is 2.11 bits per heavy atom. The van der Waals surface area contributed by atoms with E-state index in [0.717, 1.165) is 34.0 Å². The van der Waals surface area contributed by atoms with Crippen LogP contribution in [0.5, 0.6) is 0 Å². The van der Waals surface area contributed by atoms with Crippen LogP contribution in [0.25, 0.3) is 11.0 Å². The van der Waals surface area contributed by atoms with Crippen LogP contribution in [0.3, 0.4) is 0 Å². The molecule has 0 fully saturated rings. The molecular weight excluding hydrogens is 378 g/mol. The Hall–Kier alpha value is -2.71. The van der Waals surface area contributed by atoms with E-state index in [1.165, 1.54) is 0 Å². The van der Waals surface area contributed by atoms with Gasteiger partial charge in [-0.3, -0.25) is 9.78 Å². The molecule has 28 heavy (non-hydrogen) atoms. The molecule has 2 aromatic heterocycles. The van der Waals surface area contributed by atoms with Gasteiger partial charge in [0.05, 0.1) is 6.26 Å². The van der Waals surface area contributed by atoms with Gasteiger partial charge in [-0.2, -0.15) is 0 Å². The van der Waals surface area contributed by atoms with Crippen molar-refractivity contribution in [3.63, 3.8) is 0 Å². The number of aryl methyl sites for hydroxylation is 1. The first kappa shape index (κ1) is 18.6. The van der Waals surface area contributed by atoms with Crippen molar-refractivity contribution in [1.29, 1.82) is 0 Å². The van der Waals surface area contributed by atoms with Crippen molar-refractivity contribution >= 4 is 26.9 Å². The highest BCUT2D eigenvalue weighted by Crippen LogP contribution is 2.26. The van der Waals surface area contributed by atoms with Gasteiger partial charge in [0.25, 0.3) is 5.91 Å². The largest absolute Gasteiger partial charge is 0.451 e. The van der Waals surface area contributed by atoms with Crippen molar-refractivity contribution in [1.82, 2.24) is 14.6 Å². The molecule has 0 unspecified atom stereocenters. The second kappa shape index (κ2) is 7.03. The van der Waals surface area contributed by atoms with Gasteiger partial charge in [-0.25, -0.2) is 13.1 Å². The second-order valence-electron chi connectivity index (χ2n) is 7.04. The average Bonchev–Trinajstić information content (AvgIpc) is 3.09. The number of sulfonamides is 1. The van der Waals surface area contributed by atoms with Crippen molar-refractivity contribution in [3.8, 4) is 0 Å². The number of furan rings is 1. The smallest absolute Gasteiger partial charge is 0.289 e. The number of nitrogens with zero attached hydrogens (tertiary/aromatic N) is 2. The molecule has 0 spiro atoms. The molecule has 1 aromatic carbocycles. The fourth-order valence-corrected chi connectivity index (χ4v) is 3.98. The number of aromatic nitrogens is 1. The third-order valence-electron chi connectivity index (χ3n) is 5.03. The van der Waals surface area contributed by atoms with E-state index in [4.69, 9.17) is 4.42 Å². The molecule has 4 rings (SSSR count). The monoisotopic (exact) mass is 399 g/mol. The average molecular weight is 399 g/mol. The zero-order valence-corrected chi connectivity index (χ0v) is 16.5. The van der Waals surface area contributed by atoms with Gasteiger partial charge in [-0.05, 0) is 42.2 Å². The SMILES string of the molecule is Cc1ncc2c(c1CNS(C)(=O)=O)CCN(C(=O)c1cc3ccccc3o1)C2. The van der Waals surface area contributed by atoms with Gasteiger partial charge in [0.15, 0.2) is 5.76 Å². The van der Waals surface area contributed by atoms with E-state index in [2.05, 4.69) is 9.71 Å². The maximum atomic E-state index is 12.9. The number of pyridine rings is 1. The summed E-state index contributed by atoms with van der Waals surface area (Å²) in [5.41, 5.74) is 4.38. The first-order valence-corrected chi connectivity index (χ1v) is 10.9. The molecule has 0 bridgehead atoms. The van der Waals surface area contributed by atoms with Crippen LogP contribution in [-0.2, 0) is 29.5 Å². The van der Waals surface area contributed by atoms with Crippen molar-refractivity contribution < 1.29 is 17.6 Å². The molecule has 146 valence electrons. The summed E-state index contributed by atoms with van der Waals surface area (Å²) < 4.78 is 31.2. The Morgan fingerprint density at radius 3 is 2.86 bits per heavy atom. The number of nitrogens with one attached hydrogen (secondary N) is 1. The summed E-state index contributed by atoms with van der Waals surface area (Å²) in [6, 6.07) is 9.29. The summed E-state index contributed by atoms with van der Waals surface area (Å²) in [7, 11) is -3.29. The van der Waals surface area contributed by atoms with Crippen LogP contribution < -0.4 is 4.72 Å². The van der Waals surface area contributed by atoms with E-state index in [-0.39, 0.29) is 12.5 Å². The number of hydrogen-bond donors (Lipinski definition) is 1. The number of rotatable bonds is 4. The fraction of sp³-hybridized carbons (Fsp3) is 0.300. The lowest BCUT2D eigenvalue weighted by Crippen LogP contribution is -2.37. The molecule has 8 heteroatoms. The molecule has 0 atom stereocenters. The van der Waals surface area contributed by atoms with Gasteiger partial charge < -0.3 is 9.32 Å². The van der Waals surface area contributed by atoms with Crippen LogP contribution in [0.4, 0.5) is 0 Å². The molecule has 1 N–H and O–H groups in total. The highest BCUT2D eigenvalue weighted by molar-refractivity contribution is 7.88. The number of carbonyl (C=O) groups is 1. The van der Waals surface area contributed by atoms with Crippen LogP contribution >= 0.6 is 0 Å². The highest BCUT2D eigenvalue weighted by atomic mass is 32.2. The minimum absolute atomic E-state index is 0.154. The number of amides is 1. The zero-order valence-electron chi connectivity index (χ0n) is 15.7. The quantitative estimate of drug-likeness (QED) is 0.727. The lowest BCUT2D eigenvalue weighted by Gasteiger charge is -2.30. The van der Waals surface area contributed by atoms with Gasteiger partial charge in [0.2, 0.25) is 10.0 Å². The summed E-state index contributed by atoms with van der Waals surface area (Å²) in [5.74, 6) is 0.168. The van der Waals surface area contributed by atoms with Gasteiger partial charge in [0.1, 0.15) is 5.58 Å². The molecule has 0 radical (unpaired) electrons. The predicted octanol–water partition coefficient (Wildman–Crippen LogP) is 2.38. The molecule has 0 saturated heterocycles. The third-order valence-corrected chi connectivity index (χ3v) is 5.70. The number of hydrogen-bond acceptors (Lipinski definition) is 5. The Morgan fingerprint density at radius 1 is 1.32 bits per heavy atom. The topological polar surface area (TPSA) is 92.5 Å². The van der Waals surface area contributed by atoms with Crippen LogP contribution in [0.2, 0.25) is 0 Å². The molecule has 1 aliphatic heterocycles. The number of fused-ring (bicyclic) bond motifs is 2. The Labute approximate surface area is 163 Å². The Balaban J connectivity index is 1.58. The van der Waals surface area contributed by atoms with Gasteiger partial charge in [-0.15, -0.1) is 0 Å². The minimum Gasteiger partial charge on any atom is -0.451 e. The lowest BCUT2D eigenvalue weighted by atomic mass is 9.95. The van der Waals surface area contributed by atoms with E-state index in [1.807, 2.05) is 31.2 Å². The summed E-state index contributed by atoms with van der Waals surface area (Å²) in [4.78, 5) is 19.0. The summed E-state index contributed by atoms with van der Waals surface area (Å²) >= 11 is 0. The van der Waals surface area contributed by atoms with Gasteiger partial charge >= 0.3 is 0 Å². The minimum atomic E-state index is -3.29. The molecule has 1 amide bonds. The molecule has 3 heterocycles. The standard InChI is InChI=1S/C20H21N3O4S/c1-13-17(11-22-28(2,25)26)16-7-8-23(12-15(16)10-21-13)20(24)19-9-14-5-3-4-6-18(14)27-19/h3-6,9-10,22H,7-8,11-12H2,1-2H3. The number of para-hydroxylation sites is 1. The normalized spacial score (nSPS) is 14.3. The first-order chi connectivity index (χ1) is 13.3. The molecule has 0 aliphatic carbocycles. The third kappa shape index (κ3) is 3.65. The van der Waals surface area contributed by atoms with Crippen LogP contribution in [0.1, 0.15) is 32.9 Å². The first-order valence-electron chi connectivity index (χ1n) is 9.00. The molecule has 7 nitrogen and oxygen atoms in total. The van der Waals surface area contributed by atoms with Crippen molar-refractivity contribution in [2.45, 2.75) is 26.4 Å². The van der Waals surface area contributed by atoms with Gasteiger partial charge in [0, 0.05) is 36.9 Å². The molecular formula is C20H21N3O4S. The second-order valence-corrected chi connectivity index (χ2v) is 8.88. The maximum Gasteiger partial charge on any atom is 0.289 e. The fourth-order valence-electron chi connectivity index (χ4n) is 3.58. The molecule has 1 aliphatic rings. The maximum absolute atomic E-state index is 12.9. The predicted molar refractivity (Wildman–Crippen MR) is 105 cm³/mol. The van der Waals surface area contributed by atoms with Gasteiger partial charge in [-0.1, -0.05) is 18.2 Å². The summed E-state index contributed by atoms with van der Waals surface area (Å²) in [5, 5.41) is 0.898. The summed E-state index contributed by atoms with van der Waals surface area (Å²) in [6.45, 7) is 3.03. The van der Waals surface area contributed by atoms with Crippen molar-refractivity contribution in [2.24, 2.45) is 0 Å². The van der Waals surface area contributed by atoms with E-state index in [0.29, 0.717) is 30.9 Å². The number of carbonyl (C=O) groups excluding carboxylic acids is 1. The summed E-state index contributed by atoms with van der Waals surface area (Å²) in [6.07, 6.45) is 3.55.